The van der Waals surface area contributed by atoms with Gasteiger partial charge in [0.25, 0.3) is 0 Å². The molecule has 1 saturated carbocycles. The van der Waals surface area contributed by atoms with Gasteiger partial charge in [-0.1, -0.05) is 43.2 Å². The standard InChI is InChI=1S/C14H17N3O/c18-14(12-6-2-1-3-7-12)9-5-4-8-13(14)17-11-15-10-16-17/h1-3,6-7,10-11,13,18H,4-5,8-9H2/t13-,14+/m0/s1. The van der Waals surface area contributed by atoms with Crippen LogP contribution in [0.5, 0.6) is 0 Å². The Morgan fingerprint density at radius 2 is 2.06 bits per heavy atom. The summed E-state index contributed by atoms with van der Waals surface area (Å²) in [5.74, 6) is 0. The molecule has 0 unspecified atom stereocenters. The first-order valence-electron chi connectivity index (χ1n) is 6.43. The molecule has 94 valence electrons. The molecule has 0 aliphatic heterocycles. The summed E-state index contributed by atoms with van der Waals surface area (Å²) in [6.45, 7) is 0. The van der Waals surface area contributed by atoms with Crippen LogP contribution in [0.15, 0.2) is 43.0 Å². The first-order chi connectivity index (χ1) is 8.81. The van der Waals surface area contributed by atoms with E-state index in [1.807, 2.05) is 30.3 Å². The van der Waals surface area contributed by atoms with Crippen LogP contribution in [0.25, 0.3) is 0 Å². The summed E-state index contributed by atoms with van der Waals surface area (Å²) >= 11 is 0. The van der Waals surface area contributed by atoms with Crippen molar-refractivity contribution in [2.75, 3.05) is 0 Å². The first kappa shape index (κ1) is 11.4. The fourth-order valence-corrected chi connectivity index (χ4v) is 2.93. The van der Waals surface area contributed by atoms with E-state index in [2.05, 4.69) is 10.1 Å². The van der Waals surface area contributed by atoms with Gasteiger partial charge in [-0.3, -0.25) is 0 Å². The predicted molar refractivity (Wildman–Crippen MR) is 67.9 cm³/mol. The number of benzene rings is 1. The molecule has 1 aromatic carbocycles. The Hall–Kier alpha value is -1.68. The Morgan fingerprint density at radius 3 is 2.78 bits per heavy atom. The van der Waals surface area contributed by atoms with Gasteiger partial charge in [-0.05, 0) is 18.4 Å². The van der Waals surface area contributed by atoms with Crippen LogP contribution in [0.4, 0.5) is 0 Å². The highest BCUT2D eigenvalue weighted by atomic mass is 16.3. The second-order valence-corrected chi connectivity index (χ2v) is 4.93. The molecule has 1 N–H and O–H groups in total. The van der Waals surface area contributed by atoms with Crippen molar-refractivity contribution >= 4 is 0 Å². The van der Waals surface area contributed by atoms with Crippen LogP contribution < -0.4 is 0 Å². The molecule has 0 bridgehead atoms. The van der Waals surface area contributed by atoms with Gasteiger partial charge in [-0.25, -0.2) is 9.67 Å². The van der Waals surface area contributed by atoms with Crippen molar-refractivity contribution in [3.63, 3.8) is 0 Å². The fourth-order valence-electron chi connectivity index (χ4n) is 2.93. The molecule has 1 fully saturated rings. The van der Waals surface area contributed by atoms with E-state index in [1.54, 1.807) is 11.0 Å². The number of aliphatic hydroxyl groups is 1. The number of aromatic nitrogens is 3. The van der Waals surface area contributed by atoms with Gasteiger partial charge in [0.05, 0.1) is 6.04 Å². The molecule has 3 rings (SSSR count). The predicted octanol–water partition coefficient (Wildman–Crippen LogP) is 2.28. The summed E-state index contributed by atoms with van der Waals surface area (Å²) < 4.78 is 1.80. The average molecular weight is 243 g/mol. The summed E-state index contributed by atoms with van der Waals surface area (Å²) in [5, 5.41) is 15.3. The topological polar surface area (TPSA) is 50.9 Å². The molecule has 18 heavy (non-hydrogen) atoms. The lowest BCUT2D eigenvalue weighted by molar-refractivity contribution is -0.0516. The van der Waals surface area contributed by atoms with E-state index in [4.69, 9.17) is 0 Å². The van der Waals surface area contributed by atoms with Crippen molar-refractivity contribution in [3.05, 3.63) is 48.5 Å². The van der Waals surface area contributed by atoms with Crippen molar-refractivity contribution in [1.82, 2.24) is 14.8 Å². The van der Waals surface area contributed by atoms with Gasteiger partial charge in [0.15, 0.2) is 0 Å². The smallest absolute Gasteiger partial charge is 0.137 e. The van der Waals surface area contributed by atoms with E-state index >= 15 is 0 Å². The molecular formula is C14H17N3O. The number of hydrogen-bond acceptors (Lipinski definition) is 3. The summed E-state index contributed by atoms with van der Waals surface area (Å²) in [5.41, 5.74) is 0.151. The maximum absolute atomic E-state index is 11.1. The van der Waals surface area contributed by atoms with Gasteiger partial charge in [0, 0.05) is 0 Å². The Kier molecular flexibility index (Phi) is 2.88. The zero-order valence-corrected chi connectivity index (χ0v) is 10.2. The van der Waals surface area contributed by atoms with Crippen molar-refractivity contribution < 1.29 is 5.11 Å². The minimum atomic E-state index is -0.826. The van der Waals surface area contributed by atoms with Gasteiger partial charge < -0.3 is 5.11 Å². The normalized spacial score (nSPS) is 28.2. The van der Waals surface area contributed by atoms with Crippen molar-refractivity contribution in [1.29, 1.82) is 0 Å². The van der Waals surface area contributed by atoms with Crippen LogP contribution in [-0.4, -0.2) is 19.9 Å². The molecule has 4 nitrogen and oxygen atoms in total. The van der Waals surface area contributed by atoms with E-state index in [0.29, 0.717) is 0 Å². The minimum absolute atomic E-state index is 0.0175. The van der Waals surface area contributed by atoms with Crippen LogP contribution in [-0.2, 0) is 5.60 Å². The Labute approximate surface area is 106 Å². The molecule has 1 aliphatic rings. The van der Waals surface area contributed by atoms with E-state index in [9.17, 15) is 5.11 Å². The van der Waals surface area contributed by atoms with Gasteiger partial charge >= 0.3 is 0 Å². The van der Waals surface area contributed by atoms with E-state index < -0.39 is 5.60 Å². The zero-order valence-electron chi connectivity index (χ0n) is 10.2. The number of rotatable bonds is 2. The highest BCUT2D eigenvalue weighted by molar-refractivity contribution is 5.24. The second-order valence-electron chi connectivity index (χ2n) is 4.93. The zero-order chi connectivity index (χ0) is 12.4. The molecule has 2 aromatic rings. The Bertz CT molecular complexity index is 497. The lowest BCUT2D eigenvalue weighted by Crippen LogP contribution is -2.39. The number of hydrogen-bond donors (Lipinski definition) is 1. The third-order valence-electron chi connectivity index (χ3n) is 3.87. The van der Waals surface area contributed by atoms with Crippen LogP contribution in [0, 0.1) is 0 Å². The third kappa shape index (κ3) is 1.82. The molecule has 0 radical (unpaired) electrons. The molecule has 4 heteroatoms. The average Bonchev–Trinajstić information content (AvgIpc) is 2.94. The minimum Gasteiger partial charge on any atom is -0.383 e. The van der Waals surface area contributed by atoms with E-state index in [-0.39, 0.29) is 6.04 Å². The van der Waals surface area contributed by atoms with Crippen molar-refractivity contribution in [2.45, 2.75) is 37.3 Å². The summed E-state index contributed by atoms with van der Waals surface area (Å²) in [6, 6.07) is 9.89. The monoisotopic (exact) mass is 243 g/mol. The van der Waals surface area contributed by atoms with Crippen LogP contribution in [0.2, 0.25) is 0 Å². The maximum Gasteiger partial charge on any atom is 0.137 e. The van der Waals surface area contributed by atoms with Gasteiger partial charge in [0.1, 0.15) is 18.3 Å². The molecule has 0 amide bonds. The molecule has 1 aromatic heterocycles. The molecule has 0 saturated heterocycles. The second kappa shape index (κ2) is 4.53. The maximum atomic E-state index is 11.1. The van der Waals surface area contributed by atoms with Gasteiger partial charge in [0.2, 0.25) is 0 Å². The van der Waals surface area contributed by atoms with Gasteiger partial charge in [-0.15, -0.1) is 0 Å². The highest BCUT2D eigenvalue weighted by Crippen LogP contribution is 2.43. The van der Waals surface area contributed by atoms with Crippen molar-refractivity contribution in [3.8, 4) is 0 Å². The first-order valence-corrected chi connectivity index (χ1v) is 6.43. The molecule has 0 spiro atoms. The summed E-state index contributed by atoms with van der Waals surface area (Å²) in [4.78, 5) is 4.00. The SMILES string of the molecule is O[C@@]1(c2ccccc2)CCCC[C@@H]1n1cncn1. The van der Waals surface area contributed by atoms with Crippen molar-refractivity contribution in [2.24, 2.45) is 0 Å². The van der Waals surface area contributed by atoms with Crippen LogP contribution >= 0.6 is 0 Å². The van der Waals surface area contributed by atoms with Crippen LogP contribution in [0.1, 0.15) is 37.3 Å². The third-order valence-corrected chi connectivity index (χ3v) is 3.87. The van der Waals surface area contributed by atoms with Crippen LogP contribution in [0.3, 0.4) is 0 Å². The lowest BCUT2D eigenvalue weighted by atomic mass is 9.76. The largest absolute Gasteiger partial charge is 0.383 e. The van der Waals surface area contributed by atoms with E-state index in [0.717, 1.165) is 31.2 Å². The lowest BCUT2D eigenvalue weighted by Gasteiger charge is -2.40. The molecule has 1 heterocycles. The highest BCUT2D eigenvalue weighted by Gasteiger charge is 2.41. The summed E-state index contributed by atoms with van der Waals surface area (Å²) in [7, 11) is 0. The molecular weight excluding hydrogens is 226 g/mol. The summed E-state index contributed by atoms with van der Waals surface area (Å²) in [6.07, 6.45) is 7.12. The van der Waals surface area contributed by atoms with E-state index in [1.165, 1.54) is 6.33 Å². The number of nitrogens with zero attached hydrogens (tertiary/aromatic N) is 3. The Morgan fingerprint density at radius 1 is 1.22 bits per heavy atom. The van der Waals surface area contributed by atoms with Gasteiger partial charge in [-0.2, -0.15) is 5.10 Å². The quantitative estimate of drug-likeness (QED) is 0.880. The Balaban J connectivity index is 2.01. The molecule has 2 atom stereocenters. The fraction of sp³-hybridized carbons (Fsp3) is 0.429. The molecule has 1 aliphatic carbocycles.